The molecule has 0 unspecified atom stereocenters. The molecule has 0 aliphatic carbocycles. The van der Waals surface area contributed by atoms with Gasteiger partial charge in [0.2, 0.25) is 0 Å². The molecule has 0 bridgehead atoms. The Hall–Kier alpha value is -3.77. The minimum Gasteiger partial charge on any atom is -0.383 e. The third kappa shape index (κ3) is 3.51. The second kappa shape index (κ2) is 7.81. The van der Waals surface area contributed by atoms with Gasteiger partial charge in [-0.25, -0.2) is 15.0 Å². The van der Waals surface area contributed by atoms with Gasteiger partial charge in [-0.3, -0.25) is 9.55 Å². The van der Waals surface area contributed by atoms with E-state index < -0.39 is 0 Å². The monoisotopic (exact) mass is 426 g/mol. The molecule has 0 saturated heterocycles. The van der Waals surface area contributed by atoms with Crippen molar-refractivity contribution < 1.29 is 0 Å². The summed E-state index contributed by atoms with van der Waals surface area (Å²) in [5.41, 5.74) is 12.9. The molecule has 0 radical (unpaired) electrons. The van der Waals surface area contributed by atoms with E-state index in [4.69, 9.17) is 27.3 Å². The lowest BCUT2D eigenvalue weighted by Gasteiger charge is -2.11. The number of hydrogen-bond acceptors (Lipinski definition) is 5. The highest BCUT2D eigenvalue weighted by molar-refractivity contribution is 6.17. The Balaban J connectivity index is 1.79. The van der Waals surface area contributed by atoms with E-state index in [1.807, 2.05) is 78.2 Å². The summed E-state index contributed by atoms with van der Waals surface area (Å²) < 4.78 is 2.00. The predicted octanol–water partition coefficient (Wildman–Crippen LogP) is 5.17. The SMILES string of the molecule is Cc1cccc(-c2ccc3nc(-c4cccnc4N)n(-c4ccc(CCl)cc4)c3n2)n1. The Morgan fingerprint density at radius 2 is 1.68 bits per heavy atom. The van der Waals surface area contributed by atoms with E-state index in [0.29, 0.717) is 17.5 Å². The lowest BCUT2D eigenvalue weighted by atomic mass is 10.2. The Kier molecular flexibility index (Phi) is 4.84. The van der Waals surface area contributed by atoms with Crippen molar-refractivity contribution >= 4 is 28.6 Å². The molecule has 31 heavy (non-hydrogen) atoms. The minimum atomic E-state index is 0.414. The van der Waals surface area contributed by atoms with Crippen molar-refractivity contribution in [3.05, 3.63) is 84.2 Å². The number of nitrogen functional groups attached to an aromatic ring is 1. The third-order valence-corrected chi connectivity index (χ3v) is 5.39. The molecule has 1 aromatic carbocycles. The van der Waals surface area contributed by atoms with Crippen molar-refractivity contribution in [3.63, 3.8) is 0 Å². The number of aromatic nitrogens is 5. The van der Waals surface area contributed by atoms with Crippen LogP contribution in [0, 0.1) is 6.92 Å². The number of pyridine rings is 3. The number of nitrogens with zero attached hydrogens (tertiary/aromatic N) is 5. The van der Waals surface area contributed by atoms with Crippen LogP contribution >= 0.6 is 11.6 Å². The van der Waals surface area contributed by atoms with Crippen LogP contribution in [0.3, 0.4) is 0 Å². The number of imidazole rings is 1. The third-order valence-electron chi connectivity index (χ3n) is 5.08. The Morgan fingerprint density at radius 1 is 0.871 bits per heavy atom. The summed E-state index contributed by atoms with van der Waals surface area (Å²) in [6, 6.07) is 21.6. The first kappa shape index (κ1) is 19.2. The highest BCUT2D eigenvalue weighted by Gasteiger charge is 2.18. The van der Waals surface area contributed by atoms with E-state index in [0.717, 1.165) is 45.1 Å². The van der Waals surface area contributed by atoms with E-state index in [-0.39, 0.29) is 0 Å². The zero-order chi connectivity index (χ0) is 21.4. The number of hydrogen-bond donors (Lipinski definition) is 1. The summed E-state index contributed by atoms with van der Waals surface area (Å²) in [4.78, 5) is 18.6. The molecule has 5 rings (SSSR count). The normalized spacial score (nSPS) is 11.2. The largest absolute Gasteiger partial charge is 0.383 e. The van der Waals surface area contributed by atoms with E-state index in [9.17, 15) is 0 Å². The maximum atomic E-state index is 6.19. The summed E-state index contributed by atoms with van der Waals surface area (Å²) in [6.45, 7) is 1.97. The van der Waals surface area contributed by atoms with Gasteiger partial charge in [-0.15, -0.1) is 11.6 Å². The van der Waals surface area contributed by atoms with Gasteiger partial charge in [0, 0.05) is 23.5 Å². The van der Waals surface area contributed by atoms with Crippen molar-refractivity contribution in [2.75, 3.05) is 5.73 Å². The van der Waals surface area contributed by atoms with E-state index in [2.05, 4.69) is 9.97 Å². The van der Waals surface area contributed by atoms with Gasteiger partial charge in [0.15, 0.2) is 11.5 Å². The number of anilines is 1. The average molecular weight is 427 g/mol. The van der Waals surface area contributed by atoms with Crippen molar-refractivity contribution in [2.45, 2.75) is 12.8 Å². The molecule has 152 valence electrons. The number of halogens is 1. The minimum absolute atomic E-state index is 0.414. The highest BCUT2D eigenvalue weighted by atomic mass is 35.5. The van der Waals surface area contributed by atoms with Gasteiger partial charge in [-0.2, -0.15) is 0 Å². The molecule has 6 nitrogen and oxygen atoms in total. The van der Waals surface area contributed by atoms with Crippen molar-refractivity contribution in [3.8, 4) is 28.5 Å². The van der Waals surface area contributed by atoms with Gasteiger partial charge >= 0.3 is 0 Å². The van der Waals surface area contributed by atoms with E-state index >= 15 is 0 Å². The number of alkyl halides is 1. The van der Waals surface area contributed by atoms with Gasteiger partial charge in [0.05, 0.1) is 17.0 Å². The smallest absolute Gasteiger partial charge is 0.165 e. The second-order valence-electron chi connectivity index (χ2n) is 7.21. The molecule has 4 aromatic heterocycles. The maximum Gasteiger partial charge on any atom is 0.165 e. The first-order chi connectivity index (χ1) is 15.1. The van der Waals surface area contributed by atoms with Crippen molar-refractivity contribution in [1.82, 2.24) is 24.5 Å². The number of aryl methyl sites for hydroxylation is 1. The van der Waals surface area contributed by atoms with Crippen LogP contribution in [0.1, 0.15) is 11.3 Å². The molecule has 0 fully saturated rings. The summed E-state index contributed by atoms with van der Waals surface area (Å²) in [6.07, 6.45) is 1.67. The van der Waals surface area contributed by atoms with E-state index in [1.165, 1.54) is 0 Å². The summed E-state index contributed by atoms with van der Waals surface area (Å²) in [7, 11) is 0. The average Bonchev–Trinajstić information content (AvgIpc) is 3.18. The summed E-state index contributed by atoms with van der Waals surface area (Å²) >= 11 is 5.99. The molecule has 4 heterocycles. The molecule has 0 aliphatic rings. The fraction of sp³-hybridized carbons (Fsp3) is 0.0833. The lowest BCUT2D eigenvalue weighted by molar-refractivity contribution is 1.07. The Bertz CT molecular complexity index is 1390. The molecule has 0 atom stereocenters. The van der Waals surface area contributed by atoms with Crippen LogP contribution in [0.5, 0.6) is 0 Å². The Labute approximate surface area is 184 Å². The molecule has 2 N–H and O–H groups in total. The van der Waals surface area contributed by atoms with Gasteiger partial charge in [0.25, 0.3) is 0 Å². The van der Waals surface area contributed by atoms with Gasteiger partial charge in [0.1, 0.15) is 11.3 Å². The first-order valence-electron chi connectivity index (χ1n) is 9.84. The Morgan fingerprint density at radius 3 is 2.42 bits per heavy atom. The van der Waals surface area contributed by atoms with Gasteiger partial charge in [-0.05, 0) is 61.0 Å². The number of fused-ring (bicyclic) bond motifs is 1. The zero-order valence-electron chi connectivity index (χ0n) is 16.8. The van der Waals surface area contributed by atoms with Crippen LogP contribution in [0.2, 0.25) is 0 Å². The lowest BCUT2D eigenvalue weighted by Crippen LogP contribution is -2.02. The fourth-order valence-electron chi connectivity index (χ4n) is 3.55. The zero-order valence-corrected chi connectivity index (χ0v) is 17.6. The van der Waals surface area contributed by atoms with Crippen molar-refractivity contribution in [2.24, 2.45) is 0 Å². The van der Waals surface area contributed by atoms with Crippen LogP contribution in [-0.4, -0.2) is 24.5 Å². The standard InChI is InChI=1S/C24H19ClN6/c1-15-4-2-6-19(28-15)20-11-12-21-24(29-20)31(17-9-7-16(14-25)8-10-17)23(30-21)18-5-3-13-27-22(18)26/h2-13H,14H2,1H3,(H2,26,27). The molecule has 0 saturated carbocycles. The molecule has 5 aromatic rings. The highest BCUT2D eigenvalue weighted by Crippen LogP contribution is 2.31. The van der Waals surface area contributed by atoms with Crippen LogP contribution in [0.25, 0.3) is 39.6 Å². The van der Waals surface area contributed by atoms with Crippen LogP contribution in [0.4, 0.5) is 5.82 Å². The molecular formula is C24H19ClN6. The summed E-state index contributed by atoms with van der Waals surface area (Å²) in [5.74, 6) is 1.55. The van der Waals surface area contributed by atoms with Crippen LogP contribution < -0.4 is 5.73 Å². The predicted molar refractivity (Wildman–Crippen MR) is 124 cm³/mol. The molecule has 0 spiro atoms. The van der Waals surface area contributed by atoms with E-state index in [1.54, 1.807) is 6.20 Å². The molecule has 0 aliphatic heterocycles. The molecular weight excluding hydrogens is 408 g/mol. The van der Waals surface area contributed by atoms with Gasteiger partial charge in [-0.1, -0.05) is 18.2 Å². The molecule has 0 amide bonds. The van der Waals surface area contributed by atoms with Crippen molar-refractivity contribution in [1.29, 1.82) is 0 Å². The topological polar surface area (TPSA) is 82.5 Å². The summed E-state index contributed by atoms with van der Waals surface area (Å²) in [5, 5.41) is 0. The fourth-order valence-corrected chi connectivity index (χ4v) is 3.73. The first-order valence-corrected chi connectivity index (χ1v) is 10.4. The maximum absolute atomic E-state index is 6.19. The number of rotatable bonds is 4. The second-order valence-corrected chi connectivity index (χ2v) is 7.48. The molecule has 7 heteroatoms. The van der Waals surface area contributed by atoms with Crippen LogP contribution in [0.15, 0.2) is 72.9 Å². The number of benzene rings is 1. The quantitative estimate of drug-likeness (QED) is 0.400. The number of nitrogens with two attached hydrogens (primary N) is 1. The van der Waals surface area contributed by atoms with Gasteiger partial charge < -0.3 is 5.73 Å². The van der Waals surface area contributed by atoms with Crippen LogP contribution in [-0.2, 0) is 5.88 Å².